The summed E-state index contributed by atoms with van der Waals surface area (Å²) in [5.41, 5.74) is 0.924. The Kier molecular flexibility index (Phi) is 3.66. The van der Waals surface area contributed by atoms with Gasteiger partial charge in [0.25, 0.3) is 5.91 Å². The van der Waals surface area contributed by atoms with Crippen LogP contribution in [0, 0.1) is 6.92 Å². The van der Waals surface area contributed by atoms with Gasteiger partial charge in [-0.15, -0.1) is 22.7 Å². The summed E-state index contributed by atoms with van der Waals surface area (Å²) in [6.45, 7) is 2.43. The highest BCUT2D eigenvalue weighted by Gasteiger charge is 2.13. The zero-order chi connectivity index (χ0) is 13.9. The van der Waals surface area contributed by atoms with E-state index in [1.54, 1.807) is 17.6 Å². The first kappa shape index (κ1) is 13.1. The molecule has 0 atom stereocenters. The second-order valence-corrected chi connectivity index (χ2v) is 6.20. The molecule has 0 unspecified atom stereocenters. The van der Waals surface area contributed by atoms with Gasteiger partial charge in [-0.2, -0.15) is 0 Å². The Bertz CT molecular complexity index is 700. The van der Waals surface area contributed by atoms with Gasteiger partial charge in [-0.3, -0.25) is 4.79 Å². The lowest BCUT2D eigenvalue weighted by atomic mass is 10.3. The predicted octanol–water partition coefficient (Wildman–Crippen LogP) is 3.70. The quantitative estimate of drug-likeness (QED) is 0.799. The zero-order valence-electron chi connectivity index (χ0n) is 10.8. The minimum atomic E-state index is -0.0488. The molecular weight excluding hydrogens is 292 g/mol. The number of nitrogens with zero attached hydrogens (tertiary/aromatic N) is 1. The molecule has 0 fully saturated rings. The summed E-state index contributed by atoms with van der Waals surface area (Å²) in [4.78, 5) is 18.1. The molecule has 0 aliphatic rings. The lowest BCUT2D eigenvalue weighted by Gasteiger charge is -2.01. The molecule has 3 aromatic heterocycles. The molecule has 0 aromatic carbocycles. The third kappa shape index (κ3) is 2.66. The fourth-order valence-electron chi connectivity index (χ4n) is 1.75. The van der Waals surface area contributed by atoms with Gasteiger partial charge in [-0.05, 0) is 30.5 Å². The van der Waals surface area contributed by atoms with Gasteiger partial charge in [-0.25, -0.2) is 4.98 Å². The smallest absolute Gasteiger partial charge is 0.261 e. The third-order valence-corrected chi connectivity index (χ3v) is 4.82. The number of hydrogen-bond acceptors (Lipinski definition) is 5. The average Bonchev–Trinajstić information content (AvgIpc) is 3.18. The SMILES string of the molecule is Cc1nc(-c2ccco2)sc1CNC(=O)c1cccs1. The van der Waals surface area contributed by atoms with Crippen LogP contribution in [0.2, 0.25) is 0 Å². The first-order valence-electron chi connectivity index (χ1n) is 6.06. The fourth-order valence-corrected chi connectivity index (χ4v) is 3.36. The number of amides is 1. The topological polar surface area (TPSA) is 55.1 Å². The van der Waals surface area contributed by atoms with Crippen LogP contribution in [0.5, 0.6) is 0 Å². The maximum Gasteiger partial charge on any atom is 0.261 e. The molecule has 0 spiro atoms. The molecule has 0 radical (unpaired) electrons. The highest BCUT2D eigenvalue weighted by atomic mass is 32.1. The van der Waals surface area contributed by atoms with E-state index in [2.05, 4.69) is 10.3 Å². The molecule has 3 heterocycles. The molecule has 3 rings (SSSR count). The normalized spacial score (nSPS) is 10.7. The largest absolute Gasteiger partial charge is 0.462 e. The molecule has 0 aliphatic heterocycles. The fraction of sp³-hybridized carbons (Fsp3) is 0.143. The number of hydrogen-bond donors (Lipinski definition) is 1. The molecule has 102 valence electrons. The Balaban J connectivity index is 1.71. The maximum atomic E-state index is 11.9. The van der Waals surface area contributed by atoms with Gasteiger partial charge in [0.05, 0.1) is 23.4 Å². The standard InChI is InChI=1S/C14H12N2O2S2/c1-9-12(8-15-13(17)11-5-3-7-19-11)20-14(16-9)10-4-2-6-18-10/h2-7H,8H2,1H3,(H,15,17). The van der Waals surface area contributed by atoms with Crippen molar-refractivity contribution in [2.24, 2.45) is 0 Å². The van der Waals surface area contributed by atoms with Crippen LogP contribution >= 0.6 is 22.7 Å². The molecule has 6 heteroatoms. The van der Waals surface area contributed by atoms with E-state index in [1.807, 2.05) is 36.6 Å². The summed E-state index contributed by atoms with van der Waals surface area (Å²) >= 11 is 2.97. The number of rotatable bonds is 4. The van der Waals surface area contributed by atoms with E-state index in [-0.39, 0.29) is 5.91 Å². The van der Waals surface area contributed by atoms with Crippen LogP contribution in [-0.4, -0.2) is 10.9 Å². The van der Waals surface area contributed by atoms with Crippen molar-refractivity contribution in [3.05, 3.63) is 51.4 Å². The lowest BCUT2D eigenvalue weighted by Crippen LogP contribution is -2.21. The molecule has 0 aliphatic carbocycles. The molecule has 0 bridgehead atoms. The van der Waals surface area contributed by atoms with Crippen molar-refractivity contribution in [3.8, 4) is 10.8 Å². The Morgan fingerprint density at radius 2 is 2.30 bits per heavy atom. The van der Waals surface area contributed by atoms with E-state index >= 15 is 0 Å². The molecule has 3 aromatic rings. The summed E-state index contributed by atoms with van der Waals surface area (Å²) in [6, 6.07) is 7.40. The number of carbonyl (C=O) groups excluding carboxylic acids is 1. The summed E-state index contributed by atoms with van der Waals surface area (Å²) in [7, 11) is 0. The van der Waals surface area contributed by atoms with Crippen molar-refractivity contribution in [3.63, 3.8) is 0 Å². The molecule has 0 saturated carbocycles. The van der Waals surface area contributed by atoms with E-state index in [4.69, 9.17) is 4.42 Å². The molecule has 4 nitrogen and oxygen atoms in total. The minimum Gasteiger partial charge on any atom is -0.462 e. The monoisotopic (exact) mass is 304 g/mol. The summed E-state index contributed by atoms with van der Waals surface area (Å²) in [6.07, 6.45) is 1.63. The first-order chi connectivity index (χ1) is 9.74. The van der Waals surface area contributed by atoms with E-state index in [9.17, 15) is 4.79 Å². The number of thiazole rings is 1. The molecule has 1 N–H and O–H groups in total. The van der Waals surface area contributed by atoms with Crippen molar-refractivity contribution in [2.75, 3.05) is 0 Å². The highest BCUT2D eigenvalue weighted by Crippen LogP contribution is 2.28. The minimum absolute atomic E-state index is 0.0488. The average molecular weight is 304 g/mol. The van der Waals surface area contributed by atoms with Crippen molar-refractivity contribution in [2.45, 2.75) is 13.5 Å². The van der Waals surface area contributed by atoms with Crippen LogP contribution in [0.1, 0.15) is 20.2 Å². The Morgan fingerprint density at radius 3 is 3.00 bits per heavy atom. The van der Waals surface area contributed by atoms with Crippen LogP contribution in [0.4, 0.5) is 0 Å². The van der Waals surface area contributed by atoms with Crippen LogP contribution in [-0.2, 0) is 6.54 Å². The molecule has 0 saturated heterocycles. The maximum absolute atomic E-state index is 11.9. The van der Waals surface area contributed by atoms with Crippen LogP contribution in [0.25, 0.3) is 10.8 Å². The Labute approximate surface area is 124 Å². The van der Waals surface area contributed by atoms with Gasteiger partial charge in [-0.1, -0.05) is 6.07 Å². The van der Waals surface area contributed by atoms with Gasteiger partial charge < -0.3 is 9.73 Å². The van der Waals surface area contributed by atoms with Crippen molar-refractivity contribution in [1.29, 1.82) is 0 Å². The van der Waals surface area contributed by atoms with Gasteiger partial charge in [0.15, 0.2) is 10.8 Å². The highest BCUT2D eigenvalue weighted by molar-refractivity contribution is 7.15. The van der Waals surface area contributed by atoms with Crippen LogP contribution < -0.4 is 5.32 Å². The van der Waals surface area contributed by atoms with Crippen LogP contribution in [0.3, 0.4) is 0 Å². The van der Waals surface area contributed by atoms with Crippen LogP contribution in [0.15, 0.2) is 40.3 Å². The van der Waals surface area contributed by atoms with E-state index in [1.165, 1.54) is 11.3 Å². The lowest BCUT2D eigenvalue weighted by molar-refractivity contribution is 0.0955. The summed E-state index contributed by atoms with van der Waals surface area (Å²) < 4.78 is 5.33. The Morgan fingerprint density at radius 1 is 1.40 bits per heavy atom. The van der Waals surface area contributed by atoms with Crippen molar-refractivity contribution < 1.29 is 9.21 Å². The number of carbonyl (C=O) groups is 1. The molecular formula is C14H12N2O2S2. The van der Waals surface area contributed by atoms with E-state index in [0.29, 0.717) is 6.54 Å². The number of furan rings is 1. The predicted molar refractivity (Wildman–Crippen MR) is 80.0 cm³/mol. The number of aryl methyl sites for hydroxylation is 1. The summed E-state index contributed by atoms with van der Waals surface area (Å²) in [5.74, 6) is 0.710. The van der Waals surface area contributed by atoms with Gasteiger partial charge in [0.2, 0.25) is 0 Å². The number of nitrogens with one attached hydrogen (secondary N) is 1. The number of thiophene rings is 1. The van der Waals surface area contributed by atoms with Gasteiger partial charge >= 0.3 is 0 Å². The Hall–Kier alpha value is -1.92. The van der Waals surface area contributed by atoms with Gasteiger partial charge in [0.1, 0.15) is 0 Å². The second kappa shape index (κ2) is 5.60. The second-order valence-electron chi connectivity index (χ2n) is 4.16. The first-order valence-corrected chi connectivity index (χ1v) is 7.75. The third-order valence-electron chi connectivity index (χ3n) is 2.78. The molecule has 20 heavy (non-hydrogen) atoms. The van der Waals surface area contributed by atoms with Crippen molar-refractivity contribution >= 4 is 28.6 Å². The number of aromatic nitrogens is 1. The van der Waals surface area contributed by atoms with E-state index in [0.717, 1.165) is 26.2 Å². The van der Waals surface area contributed by atoms with E-state index < -0.39 is 0 Å². The van der Waals surface area contributed by atoms with Gasteiger partial charge in [0, 0.05) is 4.88 Å². The summed E-state index contributed by atoms with van der Waals surface area (Å²) in [5, 5.41) is 5.64. The van der Waals surface area contributed by atoms with Crippen molar-refractivity contribution in [1.82, 2.24) is 10.3 Å². The molecule has 1 amide bonds. The zero-order valence-corrected chi connectivity index (χ0v) is 12.4.